The molecule has 0 atom stereocenters. The van der Waals surface area contributed by atoms with Crippen LogP contribution in [0.25, 0.3) is 16.6 Å². The van der Waals surface area contributed by atoms with Crippen LogP contribution in [0.4, 0.5) is 5.82 Å². The summed E-state index contributed by atoms with van der Waals surface area (Å²) in [6.07, 6.45) is 7.69. The lowest BCUT2D eigenvalue weighted by molar-refractivity contribution is 0.200. The Morgan fingerprint density at radius 2 is 2.09 bits per heavy atom. The van der Waals surface area contributed by atoms with E-state index in [4.69, 9.17) is 34.2 Å². The zero-order valence-corrected chi connectivity index (χ0v) is 18.6. The SMILES string of the molecule is C=C(/C=C(\N=CN)Nc1nccc2nn(-c3c(Cl)cc(C#N)cc3Cl)cc12)CN1CCC1. The maximum atomic E-state index is 9.11. The van der Waals surface area contributed by atoms with Crippen molar-refractivity contribution in [2.75, 3.05) is 25.0 Å². The predicted molar refractivity (Wildman–Crippen MR) is 128 cm³/mol. The third-order valence-electron chi connectivity index (χ3n) is 4.99. The third-order valence-corrected chi connectivity index (χ3v) is 5.56. The van der Waals surface area contributed by atoms with Gasteiger partial charge in [0.05, 0.1) is 38.9 Å². The summed E-state index contributed by atoms with van der Waals surface area (Å²) >= 11 is 12.7. The van der Waals surface area contributed by atoms with E-state index < -0.39 is 0 Å². The van der Waals surface area contributed by atoms with E-state index >= 15 is 0 Å². The van der Waals surface area contributed by atoms with Crippen molar-refractivity contribution in [2.45, 2.75) is 6.42 Å². The second-order valence-electron chi connectivity index (χ2n) is 7.29. The molecule has 32 heavy (non-hydrogen) atoms. The van der Waals surface area contributed by atoms with Gasteiger partial charge in [-0.05, 0) is 49.4 Å². The summed E-state index contributed by atoms with van der Waals surface area (Å²) in [5.74, 6) is 1.06. The maximum Gasteiger partial charge on any atom is 0.142 e. The number of aliphatic imine (C=N–C) groups is 1. The minimum Gasteiger partial charge on any atom is -0.390 e. The molecule has 0 spiro atoms. The molecular formula is C22H20Cl2N8. The predicted octanol–water partition coefficient (Wildman–Crippen LogP) is 4.10. The summed E-state index contributed by atoms with van der Waals surface area (Å²) in [6.45, 7) is 7.05. The molecule has 2 aromatic heterocycles. The van der Waals surface area contributed by atoms with Gasteiger partial charge < -0.3 is 11.1 Å². The number of nitrogens with zero attached hydrogens (tertiary/aromatic N) is 6. The highest BCUT2D eigenvalue weighted by atomic mass is 35.5. The molecule has 8 nitrogen and oxygen atoms in total. The Balaban J connectivity index is 1.67. The average Bonchev–Trinajstić information content (AvgIpc) is 3.15. The van der Waals surface area contributed by atoms with Crippen molar-refractivity contribution in [1.82, 2.24) is 19.7 Å². The first-order valence-corrected chi connectivity index (χ1v) is 10.6. The molecule has 1 aromatic carbocycles. The van der Waals surface area contributed by atoms with Gasteiger partial charge in [-0.25, -0.2) is 14.7 Å². The molecule has 0 radical (unpaired) electrons. The summed E-state index contributed by atoms with van der Waals surface area (Å²) in [6, 6.07) is 6.91. The Kier molecular flexibility index (Phi) is 6.42. The van der Waals surface area contributed by atoms with Crippen molar-refractivity contribution in [3.05, 3.63) is 70.3 Å². The minimum atomic E-state index is 0.319. The van der Waals surface area contributed by atoms with E-state index in [1.807, 2.05) is 12.1 Å². The molecule has 3 N–H and O–H groups in total. The molecule has 10 heteroatoms. The van der Waals surface area contributed by atoms with Crippen LogP contribution in [0.15, 0.2) is 59.6 Å². The van der Waals surface area contributed by atoms with Gasteiger partial charge in [-0.1, -0.05) is 29.8 Å². The summed E-state index contributed by atoms with van der Waals surface area (Å²) < 4.78 is 1.57. The number of pyridine rings is 1. The third kappa shape index (κ3) is 4.60. The molecule has 0 bridgehead atoms. The number of hydrogen-bond donors (Lipinski definition) is 2. The van der Waals surface area contributed by atoms with Crippen LogP contribution in [0.5, 0.6) is 0 Å². The van der Waals surface area contributed by atoms with Gasteiger partial charge in [0.1, 0.15) is 17.3 Å². The Labute approximate surface area is 195 Å². The number of hydrogen-bond acceptors (Lipinski definition) is 6. The normalized spacial score (nSPS) is 14.5. The van der Waals surface area contributed by atoms with E-state index in [2.05, 4.69) is 31.9 Å². The number of rotatable bonds is 7. The lowest BCUT2D eigenvalue weighted by atomic mass is 10.1. The highest BCUT2D eigenvalue weighted by molar-refractivity contribution is 6.38. The zero-order chi connectivity index (χ0) is 22.7. The zero-order valence-electron chi connectivity index (χ0n) is 17.1. The summed E-state index contributed by atoms with van der Waals surface area (Å²) in [4.78, 5) is 10.9. The molecule has 4 rings (SSSR count). The number of likely N-dealkylation sites (tertiary alicyclic amines) is 1. The van der Waals surface area contributed by atoms with Crippen LogP contribution in [0.1, 0.15) is 12.0 Å². The number of nitrogens with two attached hydrogens (primary N) is 1. The van der Waals surface area contributed by atoms with Crippen molar-refractivity contribution < 1.29 is 0 Å². The molecule has 1 saturated heterocycles. The average molecular weight is 467 g/mol. The fraction of sp³-hybridized carbons (Fsp3) is 0.182. The Bertz CT molecular complexity index is 1260. The Morgan fingerprint density at radius 1 is 1.34 bits per heavy atom. The highest BCUT2D eigenvalue weighted by Gasteiger charge is 2.16. The van der Waals surface area contributed by atoms with Gasteiger partial charge in [0.15, 0.2) is 0 Å². The first-order valence-electron chi connectivity index (χ1n) is 9.85. The number of benzene rings is 1. The highest BCUT2D eigenvalue weighted by Crippen LogP contribution is 2.32. The molecule has 0 unspecified atom stereocenters. The van der Waals surface area contributed by atoms with E-state index in [0.717, 1.165) is 30.6 Å². The van der Waals surface area contributed by atoms with Crippen molar-refractivity contribution >= 4 is 46.3 Å². The van der Waals surface area contributed by atoms with Gasteiger partial charge in [0.2, 0.25) is 0 Å². The fourth-order valence-electron chi connectivity index (χ4n) is 3.38. The van der Waals surface area contributed by atoms with Gasteiger partial charge in [0.25, 0.3) is 0 Å². The van der Waals surface area contributed by atoms with Crippen molar-refractivity contribution in [3.8, 4) is 11.8 Å². The van der Waals surface area contributed by atoms with Crippen LogP contribution in [-0.4, -0.2) is 45.6 Å². The molecule has 1 fully saturated rings. The first-order chi connectivity index (χ1) is 15.5. The van der Waals surface area contributed by atoms with E-state index in [9.17, 15) is 0 Å². The van der Waals surface area contributed by atoms with Gasteiger partial charge in [-0.3, -0.25) is 4.90 Å². The molecule has 0 aliphatic carbocycles. The standard InChI is InChI=1S/C22H20Cl2N8/c1-14(11-31-5-2-6-31)7-20(28-13-26)29-22-16-12-32(30-19(16)3-4-27-22)21-17(23)8-15(10-25)9-18(21)24/h3-4,7-9,12-13H,1-2,5-6,11H2,(H2,26,28)(H,27,29)/b20-7+. The van der Waals surface area contributed by atoms with E-state index in [1.165, 1.54) is 12.8 Å². The van der Waals surface area contributed by atoms with Crippen LogP contribution in [-0.2, 0) is 0 Å². The lowest BCUT2D eigenvalue weighted by Gasteiger charge is -2.30. The van der Waals surface area contributed by atoms with Crippen LogP contribution >= 0.6 is 23.2 Å². The molecule has 162 valence electrons. The number of halogens is 2. The summed E-state index contributed by atoms with van der Waals surface area (Å²) in [5.41, 5.74) is 7.99. The summed E-state index contributed by atoms with van der Waals surface area (Å²) in [5, 5.41) is 18.3. The molecule has 3 heterocycles. The second-order valence-corrected chi connectivity index (χ2v) is 8.10. The fourth-order valence-corrected chi connectivity index (χ4v) is 4.04. The Morgan fingerprint density at radius 3 is 2.72 bits per heavy atom. The maximum absolute atomic E-state index is 9.11. The molecule has 3 aromatic rings. The molecule has 0 saturated carbocycles. The van der Waals surface area contributed by atoms with E-state index in [-0.39, 0.29) is 0 Å². The van der Waals surface area contributed by atoms with E-state index in [1.54, 1.807) is 35.3 Å². The molecule has 1 aliphatic heterocycles. The van der Waals surface area contributed by atoms with Crippen LogP contribution in [0, 0.1) is 11.3 Å². The number of nitriles is 1. The topological polar surface area (TPSA) is 108 Å². The number of nitrogens with one attached hydrogen (secondary N) is 1. The quantitative estimate of drug-likeness (QED) is 0.308. The molecule has 0 amide bonds. The van der Waals surface area contributed by atoms with E-state index in [0.29, 0.717) is 38.5 Å². The molecule has 1 aliphatic rings. The van der Waals surface area contributed by atoms with Crippen LogP contribution in [0.2, 0.25) is 10.0 Å². The summed E-state index contributed by atoms with van der Waals surface area (Å²) in [7, 11) is 0. The van der Waals surface area contributed by atoms with Gasteiger partial charge >= 0.3 is 0 Å². The monoisotopic (exact) mass is 466 g/mol. The van der Waals surface area contributed by atoms with Crippen molar-refractivity contribution in [2.24, 2.45) is 10.7 Å². The minimum absolute atomic E-state index is 0.319. The number of aromatic nitrogens is 3. The number of fused-ring (bicyclic) bond motifs is 1. The lowest BCUT2D eigenvalue weighted by Crippen LogP contribution is -2.38. The van der Waals surface area contributed by atoms with Gasteiger partial charge in [-0.15, -0.1) is 0 Å². The smallest absolute Gasteiger partial charge is 0.142 e. The van der Waals surface area contributed by atoms with Gasteiger partial charge in [0, 0.05) is 18.9 Å². The van der Waals surface area contributed by atoms with Crippen molar-refractivity contribution in [1.29, 1.82) is 5.26 Å². The van der Waals surface area contributed by atoms with Crippen LogP contribution in [0.3, 0.4) is 0 Å². The Hall–Kier alpha value is -3.38. The second kappa shape index (κ2) is 9.40. The molecular weight excluding hydrogens is 447 g/mol. The van der Waals surface area contributed by atoms with Crippen molar-refractivity contribution in [3.63, 3.8) is 0 Å². The largest absolute Gasteiger partial charge is 0.390 e. The van der Waals surface area contributed by atoms with Gasteiger partial charge in [-0.2, -0.15) is 10.4 Å². The first kappa shape index (κ1) is 21.8. The number of anilines is 1. The van der Waals surface area contributed by atoms with Crippen LogP contribution < -0.4 is 11.1 Å².